The van der Waals surface area contributed by atoms with Gasteiger partial charge in [-0.15, -0.1) is 0 Å². The molecule has 21 heavy (non-hydrogen) atoms. The largest absolute Gasteiger partial charge is 0.493 e. The molecule has 2 aliphatic rings. The minimum Gasteiger partial charge on any atom is -0.493 e. The first-order valence-electron chi connectivity index (χ1n) is 7.53. The Morgan fingerprint density at radius 3 is 2.52 bits per heavy atom. The SMILES string of the molecule is COc1cc2c(cc1OC)[C@@H](CCC1OCCO1)NCC2. The van der Waals surface area contributed by atoms with E-state index in [1.807, 2.05) is 0 Å². The van der Waals surface area contributed by atoms with Crippen LogP contribution in [0, 0.1) is 0 Å². The summed E-state index contributed by atoms with van der Waals surface area (Å²) in [6.45, 7) is 2.41. The molecule has 5 heteroatoms. The van der Waals surface area contributed by atoms with E-state index in [-0.39, 0.29) is 6.29 Å². The number of hydrogen-bond donors (Lipinski definition) is 1. The molecule has 2 heterocycles. The summed E-state index contributed by atoms with van der Waals surface area (Å²) < 4.78 is 21.9. The van der Waals surface area contributed by atoms with Gasteiger partial charge in [-0.2, -0.15) is 0 Å². The van der Waals surface area contributed by atoms with E-state index in [1.54, 1.807) is 14.2 Å². The molecule has 1 fully saturated rings. The molecule has 0 aliphatic carbocycles. The predicted octanol–water partition coefficient (Wildman–Crippen LogP) is 2.04. The van der Waals surface area contributed by atoms with Gasteiger partial charge < -0.3 is 24.3 Å². The van der Waals surface area contributed by atoms with E-state index in [0.717, 1.165) is 37.3 Å². The van der Waals surface area contributed by atoms with E-state index in [1.165, 1.54) is 11.1 Å². The third kappa shape index (κ3) is 3.15. The first kappa shape index (κ1) is 14.6. The average molecular weight is 293 g/mol. The Hall–Kier alpha value is -1.30. The molecule has 5 nitrogen and oxygen atoms in total. The zero-order chi connectivity index (χ0) is 14.7. The van der Waals surface area contributed by atoms with Gasteiger partial charge in [-0.3, -0.25) is 0 Å². The Morgan fingerprint density at radius 2 is 1.81 bits per heavy atom. The summed E-state index contributed by atoms with van der Waals surface area (Å²) in [7, 11) is 3.35. The van der Waals surface area contributed by atoms with Gasteiger partial charge in [0.2, 0.25) is 0 Å². The molecule has 1 saturated heterocycles. The highest BCUT2D eigenvalue weighted by molar-refractivity contribution is 5.49. The second-order valence-electron chi connectivity index (χ2n) is 5.41. The van der Waals surface area contributed by atoms with Crippen molar-refractivity contribution in [1.82, 2.24) is 5.32 Å². The van der Waals surface area contributed by atoms with Crippen LogP contribution in [0.5, 0.6) is 11.5 Å². The Labute approximate surface area is 125 Å². The number of nitrogens with one attached hydrogen (secondary N) is 1. The number of benzene rings is 1. The lowest BCUT2D eigenvalue weighted by atomic mass is 9.91. The molecule has 116 valence electrons. The van der Waals surface area contributed by atoms with Crippen LogP contribution in [0.3, 0.4) is 0 Å². The average Bonchev–Trinajstić information content (AvgIpc) is 3.04. The molecule has 1 atom stereocenters. The van der Waals surface area contributed by atoms with Crippen molar-refractivity contribution < 1.29 is 18.9 Å². The van der Waals surface area contributed by atoms with Crippen molar-refractivity contribution in [3.63, 3.8) is 0 Å². The topological polar surface area (TPSA) is 49.0 Å². The van der Waals surface area contributed by atoms with Crippen LogP contribution < -0.4 is 14.8 Å². The van der Waals surface area contributed by atoms with Crippen molar-refractivity contribution in [3.8, 4) is 11.5 Å². The maximum absolute atomic E-state index is 5.52. The van der Waals surface area contributed by atoms with Gasteiger partial charge >= 0.3 is 0 Å². The minimum absolute atomic E-state index is 0.0441. The van der Waals surface area contributed by atoms with Gasteiger partial charge in [0.05, 0.1) is 27.4 Å². The van der Waals surface area contributed by atoms with Crippen LogP contribution in [0.4, 0.5) is 0 Å². The van der Waals surface area contributed by atoms with Crippen LogP contribution in [0.15, 0.2) is 12.1 Å². The van der Waals surface area contributed by atoms with Gasteiger partial charge in [-0.25, -0.2) is 0 Å². The normalized spacial score (nSPS) is 22.1. The Balaban J connectivity index is 1.76. The monoisotopic (exact) mass is 293 g/mol. The summed E-state index contributed by atoms with van der Waals surface area (Å²) in [5, 5.41) is 3.58. The van der Waals surface area contributed by atoms with Crippen LogP contribution >= 0.6 is 0 Å². The molecule has 3 rings (SSSR count). The zero-order valence-electron chi connectivity index (χ0n) is 12.7. The molecule has 0 aromatic heterocycles. The summed E-state index contributed by atoms with van der Waals surface area (Å²) >= 11 is 0. The molecule has 0 spiro atoms. The molecule has 1 N–H and O–H groups in total. The smallest absolute Gasteiger partial charge is 0.161 e. The summed E-state index contributed by atoms with van der Waals surface area (Å²) in [5.74, 6) is 1.60. The molecule has 0 unspecified atom stereocenters. The standard InChI is InChI=1S/C16H23NO4/c1-18-14-9-11-5-6-17-13(12(11)10-15(14)19-2)3-4-16-20-7-8-21-16/h9-10,13,16-17H,3-8H2,1-2H3/t13-/m1/s1. The van der Waals surface area contributed by atoms with Crippen molar-refractivity contribution in [2.24, 2.45) is 0 Å². The van der Waals surface area contributed by atoms with Gasteiger partial charge in [0.1, 0.15) is 0 Å². The van der Waals surface area contributed by atoms with Gasteiger partial charge in [-0.05, 0) is 42.6 Å². The number of fused-ring (bicyclic) bond motifs is 1. The molecule has 0 saturated carbocycles. The zero-order valence-corrected chi connectivity index (χ0v) is 12.7. The van der Waals surface area contributed by atoms with Crippen molar-refractivity contribution in [2.45, 2.75) is 31.6 Å². The van der Waals surface area contributed by atoms with Crippen LogP contribution in [-0.2, 0) is 15.9 Å². The lowest BCUT2D eigenvalue weighted by Crippen LogP contribution is -2.30. The lowest BCUT2D eigenvalue weighted by molar-refractivity contribution is -0.0493. The number of ether oxygens (including phenoxy) is 4. The fourth-order valence-electron chi connectivity index (χ4n) is 3.10. The van der Waals surface area contributed by atoms with E-state index in [4.69, 9.17) is 18.9 Å². The van der Waals surface area contributed by atoms with Crippen LogP contribution in [0.1, 0.15) is 30.0 Å². The van der Waals surface area contributed by atoms with Crippen LogP contribution in [-0.4, -0.2) is 40.3 Å². The highest BCUT2D eigenvalue weighted by Gasteiger charge is 2.24. The highest BCUT2D eigenvalue weighted by Crippen LogP contribution is 2.36. The van der Waals surface area contributed by atoms with Gasteiger partial charge in [0.15, 0.2) is 17.8 Å². The quantitative estimate of drug-likeness (QED) is 0.900. The Kier molecular flexibility index (Phi) is 4.63. The number of hydrogen-bond acceptors (Lipinski definition) is 5. The Bertz CT molecular complexity index is 485. The summed E-state index contributed by atoms with van der Waals surface area (Å²) in [5.41, 5.74) is 2.64. The maximum atomic E-state index is 5.52. The molecule has 0 radical (unpaired) electrons. The fraction of sp³-hybridized carbons (Fsp3) is 0.625. The summed E-state index contributed by atoms with van der Waals surface area (Å²) in [6, 6.07) is 4.52. The minimum atomic E-state index is -0.0441. The van der Waals surface area contributed by atoms with Gasteiger partial charge in [0, 0.05) is 12.5 Å². The Morgan fingerprint density at radius 1 is 1.10 bits per heavy atom. The molecule has 1 aromatic carbocycles. The van der Waals surface area contributed by atoms with E-state index in [0.29, 0.717) is 19.3 Å². The lowest BCUT2D eigenvalue weighted by Gasteiger charge is -2.28. The molecular weight excluding hydrogens is 270 g/mol. The highest BCUT2D eigenvalue weighted by atomic mass is 16.7. The first-order valence-corrected chi connectivity index (χ1v) is 7.53. The number of methoxy groups -OCH3 is 2. The fourth-order valence-corrected chi connectivity index (χ4v) is 3.10. The van der Waals surface area contributed by atoms with E-state index < -0.39 is 0 Å². The van der Waals surface area contributed by atoms with E-state index in [9.17, 15) is 0 Å². The number of rotatable bonds is 5. The van der Waals surface area contributed by atoms with Gasteiger partial charge in [-0.1, -0.05) is 0 Å². The maximum Gasteiger partial charge on any atom is 0.161 e. The predicted molar refractivity (Wildman–Crippen MR) is 78.9 cm³/mol. The van der Waals surface area contributed by atoms with Gasteiger partial charge in [0.25, 0.3) is 0 Å². The van der Waals surface area contributed by atoms with Crippen molar-refractivity contribution >= 4 is 0 Å². The second-order valence-corrected chi connectivity index (χ2v) is 5.41. The van der Waals surface area contributed by atoms with Crippen molar-refractivity contribution in [1.29, 1.82) is 0 Å². The van der Waals surface area contributed by atoms with Crippen LogP contribution in [0.2, 0.25) is 0 Å². The third-order valence-corrected chi connectivity index (χ3v) is 4.19. The molecule has 1 aromatic rings. The van der Waals surface area contributed by atoms with Crippen molar-refractivity contribution in [2.75, 3.05) is 34.0 Å². The van der Waals surface area contributed by atoms with Crippen LogP contribution in [0.25, 0.3) is 0 Å². The second kappa shape index (κ2) is 6.64. The molecular formula is C16H23NO4. The first-order chi connectivity index (χ1) is 10.3. The summed E-state index contributed by atoms with van der Waals surface area (Å²) in [4.78, 5) is 0. The third-order valence-electron chi connectivity index (χ3n) is 4.19. The van der Waals surface area contributed by atoms with Crippen molar-refractivity contribution in [3.05, 3.63) is 23.3 Å². The summed E-state index contributed by atoms with van der Waals surface area (Å²) in [6.07, 6.45) is 2.87. The molecule has 0 amide bonds. The van der Waals surface area contributed by atoms with E-state index >= 15 is 0 Å². The molecule has 2 aliphatic heterocycles. The molecule has 0 bridgehead atoms. The van der Waals surface area contributed by atoms with E-state index in [2.05, 4.69) is 17.4 Å².